The number of amides is 1. The fraction of sp³-hybridized carbons (Fsp3) is 0.520. The Kier molecular flexibility index (Phi) is 8.15. The Morgan fingerprint density at radius 2 is 2.00 bits per heavy atom. The molecule has 1 fully saturated rings. The van der Waals surface area contributed by atoms with Crippen LogP contribution < -0.4 is 5.32 Å². The Hall–Kier alpha value is -2.31. The summed E-state index contributed by atoms with van der Waals surface area (Å²) in [6.45, 7) is 6.75. The van der Waals surface area contributed by atoms with Gasteiger partial charge < -0.3 is 14.8 Å². The van der Waals surface area contributed by atoms with Crippen molar-refractivity contribution in [2.45, 2.75) is 56.7 Å². The van der Waals surface area contributed by atoms with Crippen LogP contribution in [0.2, 0.25) is 0 Å². The van der Waals surface area contributed by atoms with Crippen molar-refractivity contribution in [3.8, 4) is 0 Å². The number of nitrogens with zero attached hydrogens (tertiary/aromatic N) is 2. The van der Waals surface area contributed by atoms with Gasteiger partial charge in [-0.2, -0.15) is 4.31 Å². The number of methoxy groups -OCH3 is 1. The predicted octanol–water partition coefficient (Wildman–Crippen LogP) is 3.35. The van der Waals surface area contributed by atoms with Crippen LogP contribution in [0, 0.1) is 0 Å². The Labute approximate surface area is 216 Å². The fourth-order valence-corrected chi connectivity index (χ4v) is 7.04. The van der Waals surface area contributed by atoms with E-state index >= 15 is 0 Å². The molecule has 1 aromatic heterocycles. The Morgan fingerprint density at radius 1 is 1.28 bits per heavy atom. The first kappa shape index (κ1) is 26.7. The monoisotopic (exact) mass is 535 g/mol. The molecule has 36 heavy (non-hydrogen) atoms. The molecular weight excluding hydrogens is 502 g/mol. The third-order valence-electron chi connectivity index (χ3n) is 6.74. The van der Waals surface area contributed by atoms with Gasteiger partial charge in [0.25, 0.3) is 5.91 Å². The number of likely N-dealkylation sites (N-methyl/N-ethyl adjacent to an activating group) is 1. The Morgan fingerprint density at radius 3 is 2.61 bits per heavy atom. The van der Waals surface area contributed by atoms with Crippen molar-refractivity contribution in [2.24, 2.45) is 0 Å². The number of thiophene rings is 1. The van der Waals surface area contributed by atoms with Crippen molar-refractivity contribution in [1.29, 1.82) is 0 Å². The summed E-state index contributed by atoms with van der Waals surface area (Å²) in [5.74, 6) is -0.896. The number of hydrogen-bond donors (Lipinski definition) is 1. The van der Waals surface area contributed by atoms with Crippen molar-refractivity contribution in [3.63, 3.8) is 0 Å². The van der Waals surface area contributed by atoms with Gasteiger partial charge in [-0.25, -0.2) is 13.2 Å². The quantitative estimate of drug-likeness (QED) is 0.517. The molecule has 2 aromatic rings. The maximum Gasteiger partial charge on any atom is 0.341 e. The Balaban J connectivity index is 1.51. The standard InChI is InChI=1S/C25H33N3O6S2/c1-16(2)28-12-11-20-21(15-28)35-24(22(20)25(30)33-4)26-23(29)17-7-9-19(10-8-17)36(31,32)27(3)14-18-6-5-13-34-18/h7-10,16,18H,5-6,11-15H2,1-4H3,(H,26,29). The lowest BCUT2D eigenvalue weighted by Gasteiger charge is -2.30. The number of benzene rings is 1. The summed E-state index contributed by atoms with van der Waals surface area (Å²) in [6, 6.07) is 6.19. The molecular formula is C25H33N3O6S2. The van der Waals surface area contributed by atoms with Crippen LogP contribution in [-0.2, 0) is 32.5 Å². The highest BCUT2D eigenvalue weighted by Crippen LogP contribution is 2.38. The first-order valence-electron chi connectivity index (χ1n) is 12.1. The van der Waals surface area contributed by atoms with Crippen LogP contribution in [0.3, 0.4) is 0 Å². The largest absolute Gasteiger partial charge is 0.465 e. The molecule has 1 saturated heterocycles. The maximum absolute atomic E-state index is 13.0. The molecule has 1 aromatic carbocycles. The van der Waals surface area contributed by atoms with E-state index in [1.165, 1.54) is 54.1 Å². The number of fused-ring (bicyclic) bond motifs is 1. The van der Waals surface area contributed by atoms with Gasteiger partial charge in [-0.3, -0.25) is 9.69 Å². The zero-order valence-electron chi connectivity index (χ0n) is 21.1. The smallest absolute Gasteiger partial charge is 0.341 e. The number of nitrogens with one attached hydrogen (secondary N) is 1. The van der Waals surface area contributed by atoms with Crippen molar-refractivity contribution in [3.05, 3.63) is 45.8 Å². The summed E-state index contributed by atoms with van der Waals surface area (Å²) >= 11 is 1.39. The first-order chi connectivity index (χ1) is 17.1. The third kappa shape index (κ3) is 5.50. The molecule has 0 aliphatic carbocycles. The molecule has 1 amide bonds. The minimum Gasteiger partial charge on any atom is -0.465 e. The number of ether oxygens (including phenoxy) is 2. The molecule has 0 spiro atoms. The molecule has 9 nitrogen and oxygen atoms in total. The number of hydrogen-bond acceptors (Lipinski definition) is 8. The second kappa shape index (κ2) is 11.0. The summed E-state index contributed by atoms with van der Waals surface area (Å²) in [5, 5.41) is 3.31. The predicted molar refractivity (Wildman–Crippen MR) is 138 cm³/mol. The molecule has 3 heterocycles. The summed E-state index contributed by atoms with van der Waals surface area (Å²) in [7, 11) is -0.843. The average Bonchev–Trinajstić information content (AvgIpc) is 3.50. The molecule has 2 aliphatic rings. The lowest BCUT2D eigenvalue weighted by molar-refractivity contribution is 0.0600. The summed E-state index contributed by atoms with van der Waals surface area (Å²) in [4.78, 5) is 29.1. The number of carbonyl (C=O) groups excluding carboxylic acids is 2. The Bertz CT molecular complexity index is 1220. The van der Waals surface area contributed by atoms with Gasteiger partial charge in [0, 0.05) is 49.8 Å². The van der Waals surface area contributed by atoms with E-state index in [1.54, 1.807) is 0 Å². The first-order valence-corrected chi connectivity index (χ1v) is 14.3. The molecule has 1 atom stereocenters. The summed E-state index contributed by atoms with van der Waals surface area (Å²) in [5.41, 5.74) is 1.63. The van der Waals surface area contributed by atoms with Crippen LogP contribution in [0.1, 0.15) is 57.8 Å². The number of sulfonamides is 1. The normalized spacial score (nSPS) is 18.4. The highest BCUT2D eigenvalue weighted by atomic mass is 32.2. The van der Waals surface area contributed by atoms with Crippen LogP contribution in [0.15, 0.2) is 29.2 Å². The SMILES string of the molecule is COC(=O)c1c(NC(=O)c2ccc(S(=O)(=O)N(C)CC3CCCO3)cc2)sc2c1CCN(C(C)C)C2. The van der Waals surface area contributed by atoms with Crippen LogP contribution in [0.25, 0.3) is 0 Å². The van der Waals surface area contributed by atoms with Gasteiger partial charge in [-0.1, -0.05) is 0 Å². The highest BCUT2D eigenvalue weighted by molar-refractivity contribution is 7.89. The molecule has 0 radical (unpaired) electrons. The molecule has 11 heteroatoms. The van der Waals surface area contributed by atoms with E-state index in [-0.39, 0.29) is 17.5 Å². The minimum absolute atomic E-state index is 0.0944. The zero-order valence-corrected chi connectivity index (χ0v) is 22.7. The van der Waals surface area contributed by atoms with Crippen molar-refractivity contribution in [1.82, 2.24) is 9.21 Å². The number of carbonyl (C=O) groups is 2. The van der Waals surface area contributed by atoms with Gasteiger partial charge in [0.15, 0.2) is 0 Å². The number of esters is 1. The van der Waals surface area contributed by atoms with Gasteiger partial charge in [-0.05, 0) is 62.9 Å². The number of rotatable bonds is 8. The lowest BCUT2D eigenvalue weighted by atomic mass is 10.0. The van der Waals surface area contributed by atoms with Gasteiger partial charge >= 0.3 is 5.97 Å². The van der Waals surface area contributed by atoms with E-state index in [2.05, 4.69) is 24.1 Å². The maximum atomic E-state index is 13.0. The van der Waals surface area contributed by atoms with E-state index in [4.69, 9.17) is 9.47 Å². The molecule has 0 saturated carbocycles. The van der Waals surface area contributed by atoms with Gasteiger partial charge in [0.05, 0.1) is 23.7 Å². The van der Waals surface area contributed by atoms with Crippen molar-refractivity contribution >= 4 is 38.2 Å². The molecule has 2 aliphatic heterocycles. The lowest BCUT2D eigenvalue weighted by Crippen LogP contribution is -2.35. The van der Waals surface area contributed by atoms with Gasteiger partial charge in [0.2, 0.25) is 10.0 Å². The van der Waals surface area contributed by atoms with E-state index < -0.39 is 21.9 Å². The van der Waals surface area contributed by atoms with Crippen molar-refractivity contribution < 1.29 is 27.5 Å². The molecule has 196 valence electrons. The van der Waals surface area contributed by atoms with E-state index in [9.17, 15) is 18.0 Å². The van der Waals surface area contributed by atoms with E-state index in [1.807, 2.05) is 0 Å². The molecule has 1 N–H and O–H groups in total. The van der Waals surface area contributed by atoms with Crippen LogP contribution in [0.5, 0.6) is 0 Å². The van der Waals surface area contributed by atoms with E-state index in [0.717, 1.165) is 29.8 Å². The molecule has 0 bridgehead atoms. The second-order valence-electron chi connectivity index (χ2n) is 9.41. The van der Waals surface area contributed by atoms with Gasteiger partial charge in [0.1, 0.15) is 5.00 Å². The second-order valence-corrected chi connectivity index (χ2v) is 12.6. The van der Waals surface area contributed by atoms with Gasteiger partial charge in [-0.15, -0.1) is 11.3 Å². The van der Waals surface area contributed by atoms with Crippen LogP contribution in [-0.4, -0.2) is 75.5 Å². The van der Waals surface area contributed by atoms with E-state index in [0.29, 0.717) is 41.7 Å². The third-order valence-corrected chi connectivity index (χ3v) is 9.71. The fourth-order valence-electron chi connectivity index (χ4n) is 4.58. The van der Waals surface area contributed by atoms with Crippen molar-refractivity contribution in [2.75, 3.05) is 39.2 Å². The van der Waals surface area contributed by atoms with Crippen LogP contribution in [0.4, 0.5) is 5.00 Å². The molecule has 1 unspecified atom stereocenters. The minimum atomic E-state index is -3.71. The summed E-state index contributed by atoms with van der Waals surface area (Å²) < 4.78 is 37.7. The van der Waals surface area contributed by atoms with Crippen LogP contribution >= 0.6 is 11.3 Å². The summed E-state index contributed by atoms with van der Waals surface area (Å²) in [6.07, 6.45) is 2.39. The number of anilines is 1. The highest BCUT2D eigenvalue weighted by Gasteiger charge is 2.30. The zero-order chi connectivity index (χ0) is 26.0. The topological polar surface area (TPSA) is 105 Å². The molecule has 4 rings (SSSR count). The average molecular weight is 536 g/mol.